The largest absolute Gasteiger partial charge is 0.385 e. The molecule has 0 bridgehead atoms. The fourth-order valence-corrected chi connectivity index (χ4v) is 3.20. The maximum atomic E-state index is 10.9. The molecule has 3 rings (SSSR count). The van der Waals surface area contributed by atoms with Gasteiger partial charge in [0.1, 0.15) is 0 Å². The van der Waals surface area contributed by atoms with Crippen LogP contribution in [-0.4, -0.2) is 10.1 Å². The zero-order valence-corrected chi connectivity index (χ0v) is 10.8. The van der Waals surface area contributed by atoms with Gasteiger partial charge >= 0.3 is 0 Å². The summed E-state index contributed by atoms with van der Waals surface area (Å²) >= 11 is 0. The fourth-order valence-electron chi connectivity index (χ4n) is 3.20. The van der Waals surface area contributed by atoms with E-state index in [2.05, 4.69) is 24.0 Å². The second kappa shape index (κ2) is 4.36. The van der Waals surface area contributed by atoms with Crippen LogP contribution in [-0.2, 0) is 5.60 Å². The predicted octanol–water partition coefficient (Wildman–Crippen LogP) is 3.63. The highest BCUT2D eigenvalue weighted by atomic mass is 16.3. The number of nitrogens with zero attached hydrogens (tertiary/aromatic N) is 1. The minimum absolute atomic E-state index is 0.647. The van der Waals surface area contributed by atoms with E-state index in [0.717, 1.165) is 42.1 Å². The molecule has 1 heterocycles. The lowest BCUT2D eigenvalue weighted by Gasteiger charge is -2.24. The Kier molecular flexibility index (Phi) is 2.83. The highest BCUT2D eigenvalue weighted by molar-refractivity contribution is 5.82. The molecule has 94 valence electrons. The van der Waals surface area contributed by atoms with Crippen molar-refractivity contribution in [3.05, 3.63) is 42.1 Å². The van der Waals surface area contributed by atoms with Crippen LogP contribution in [0.25, 0.3) is 10.9 Å². The smallest absolute Gasteiger partial charge is 0.0920 e. The van der Waals surface area contributed by atoms with Crippen molar-refractivity contribution in [1.82, 2.24) is 4.98 Å². The maximum Gasteiger partial charge on any atom is 0.0920 e. The van der Waals surface area contributed by atoms with Crippen LogP contribution in [0.4, 0.5) is 0 Å². The highest BCUT2D eigenvalue weighted by Gasteiger charge is 2.39. The molecule has 1 aliphatic rings. The molecule has 0 radical (unpaired) electrons. The van der Waals surface area contributed by atoms with Gasteiger partial charge in [-0.2, -0.15) is 0 Å². The fraction of sp³-hybridized carbons (Fsp3) is 0.438. The summed E-state index contributed by atoms with van der Waals surface area (Å²) in [6, 6.07) is 10.1. The first-order chi connectivity index (χ1) is 8.73. The molecule has 2 nitrogen and oxygen atoms in total. The zero-order valence-electron chi connectivity index (χ0n) is 10.8. The molecule has 1 fully saturated rings. The summed E-state index contributed by atoms with van der Waals surface area (Å²) in [5, 5.41) is 12.0. The van der Waals surface area contributed by atoms with Gasteiger partial charge in [0, 0.05) is 17.1 Å². The van der Waals surface area contributed by atoms with Crippen LogP contribution in [0.3, 0.4) is 0 Å². The molecular weight excluding hydrogens is 222 g/mol. The summed E-state index contributed by atoms with van der Waals surface area (Å²) in [6.07, 6.45) is 5.82. The van der Waals surface area contributed by atoms with Crippen molar-refractivity contribution in [1.29, 1.82) is 0 Å². The number of hydrogen-bond acceptors (Lipinski definition) is 2. The minimum Gasteiger partial charge on any atom is -0.385 e. The van der Waals surface area contributed by atoms with Crippen molar-refractivity contribution in [2.75, 3.05) is 0 Å². The quantitative estimate of drug-likeness (QED) is 0.871. The van der Waals surface area contributed by atoms with Crippen molar-refractivity contribution in [3.8, 4) is 0 Å². The van der Waals surface area contributed by atoms with Gasteiger partial charge in [0.05, 0.1) is 11.1 Å². The minimum atomic E-state index is -0.672. The van der Waals surface area contributed by atoms with Gasteiger partial charge in [-0.15, -0.1) is 0 Å². The Morgan fingerprint density at radius 3 is 2.94 bits per heavy atom. The molecule has 18 heavy (non-hydrogen) atoms. The van der Waals surface area contributed by atoms with Crippen molar-refractivity contribution in [2.45, 2.75) is 38.2 Å². The Balaban J connectivity index is 2.09. The van der Waals surface area contributed by atoms with Crippen LogP contribution in [0, 0.1) is 5.92 Å². The Bertz CT molecular complexity index is 561. The standard InChI is InChI=1S/C16H19NO/c1-2-12-8-9-16(18,11-12)14-7-3-5-13-6-4-10-17-15(13)14/h3-7,10,12,18H,2,8-9,11H2,1H3. The normalized spacial score (nSPS) is 27.8. The molecule has 1 saturated carbocycles. The topological polar surface area (TPSA) is 33.1 Å². The summed E-state index contributed by atoms with van der Waals surface area (Å²) in [5.41, 5.74) is 1.30. The molecule has 2 atom stereocenters. The Morgan fingerprint density at radius 1 is 1.33 bits per heavy atom. The van der Waals surface area contributed by atoms with Crippen molar-refractivity contribution < 1.29 is 5.11 Å². The summed E-state index contributed by atoms with van der Waals surface area (Å²) in [7, 11) is 0. The van der Waals surface area contributed by atoms with Crippen molar-refractivity contribution >= 4 is 10.9 Å². The number of para-hydroxylation sites is 1. The molecule has 0 aliphatic heterocycles. The van der Waals surface area contributed by atoms with E-state index < -0.39 is 5.60 Å². The molecule has 0 amide bonds. The zero-order chi connectivity index (χ0) is 12.6. The number of fused-ring (bicyclic) bond motifs is 1. The Labute approximate surface area is 108 Å². The third-order valence-corrected chi connectivity index (χ3v) is 4.30. The van der Waals surface area contributed by atoms with Gasteiger partial charge in [-0.3, -0.25) is 4.98 Å². The average Bonchev–Trinajstić information content (AvgIpc) is 2.81. The van der Waals surface area contributed by atoms with E-state index in [0.29, 0.717) is 5.92 Å². The van der Waals surface area contributed by atoms with Crippen LogP contribution < -0.4 is 0 Å². The number of aliphatic hydroxyl groups is 1. The van der Waals surface area contributed by atoms with Crippen LogP contribution in [0.15, 0.2) is 36.5 Å². The number of rotatable bonds is 2. The third kappa shape index (κ3) is 1.81. The van der Waals surface area contributed by atoms with Crippen LogP contribution in [0.2, 0.25) is 0 Å². The third-order valence-electron chi connectivity index (χ3n) is 4.30. The summed E-state index contributed by atoms with van der Waals surface area (Å²) < 4.78 is 0. The molecule has 0 spiro atoms. The second-order valence-corrected chi connectivity index (χ2v) is 5.43. The highest BCUT2D eigenvalue weighted by Crippen LogP contribution is 2.44. The molecular formula is C16H19NO. The molecule has 1 aromatic carbocycles. The SMILES string of the molecule is CCC1CCC(O)(c2cccc3cccnc23)C1. The lowest BCUT2D eigenvalue weighted by molar-refractivity contribution is 0.0411. The molecule has 0 saturated heterocycles. The van der Waals surface area contributed by atoms with Gasteiger partial charge in [-0.05, 0) is 31.2 Å². The summed E-state index contributed by atoms with van der Waals surface area (Å²) in [6.45, 7) is 2.21. The molecule has 2 heteroatoms. The lowest BCUT2D eigenvalue weighted by atomic mass is 9.89. The van der Waals surface area contributed by atoms with Crippen LogP contribution in [0.1, 0.15) is 38.2 Å². The molecule has 1 aliphatic carbocycles. The van der Waals surface area contributed by atoms with E-state index in [1.165, 1.54) is 0 Å². The first-order valence-electron chi connectivity index (χ1n) is 6.79. The van der Waals surface area contributed by atoms with E-state index in [9.17, 15) is 5.11 Å². The van der Waals surface area contributed by atoms with Gasteiger partial charge in [0.15, 0.2) is 0 Å². The number of aromatic nitrogens is 1. The maximum absolute atomic E-state index is 10.9. The average molecular weight is 241 g/mol. The molecule has 2 aromatic rings. The van der Waals surface area contributed by atoms with Crippen molar-refractivity contribution in [2.24, 2.45) is 5.92 Å². The number of benzene rings is 1. The van der Waals surface area contributed by atoms with Gasteiger partial charge in [0.25, 0.3) is 0 Å². The number of hydrogen-bond donors (Lipinski definition) is 1. The van der Waals surface area contributed by atoms with Crippen molar-refractivity contribution in [3.63, 3.8) is 0 Å². The summed E-state index contributed by atoms with van der Waals surface area (Å²) in [5.74, 6) is 0.647. The lowest BCUT2D eigenvalue weighted by Crippen LogP contribution is -2.22. The van der Waals surface area contributed by atoms with Gasteiger partial charge < -0.3 is 5.11 Å². The van der Waals surface area contributed by atoms with Crippen LogP contribution >= 0.6 is 0 Å². The predicted molar refractivity (Wildman–Crippen MR) is 73.3 cm³/mol. The summed E-state index contributed by atoms with van der Waals surface area (Å²) in [4.78, 5) is 4.46. The Hall–Kier alpha value is -1.41. The van der Waals surface area contributed by atoms with E-state index in [4.69, 9.17) is 0 Å². The second-order valence-electron chi connectivity index (χ2n) is 5.43. The van der Waals surface area contributed by atoms with Gasteiger partial charge in [0.2, 0.25) is 0 Å². The molecule has 2 unspecified atom stereocenters. The molecule has 1 aromatic heterocycles. The van der Waals surface area contributed by atoms with E-state index in [1.54, 1.807) is 6.20 Å². The van der Waals surface area contributed by atoms with Gasteiger partial charge in [-0.1, -0.05) is 37.6 Å². The van der Waals surface area contributed by atoms with E-state index in [-0.39, 0.29) is 0 Å². The van der Waals surface area contributed by atoms with Gasteiger partial charge in [-0.25, -0.2) is 0 Å². The first-order valence-corrected chi connectivity index (χ1v) is 6.79. The first kappa shape index (κ1) is 11.7. The van der Waals surface area contributed by atoms with E-state index in [1.807, 2.05) is 18.2 Å². The Morgan fingerprint density at radius 2 is 2.17 bits per heavy atom. The monoisotopic (exact) mass is 241 g/mol. The number of pyridine rings is 1. The van der Waals surface area contributed by atoms with Crippen LogP contribution in [0.5, 0.6) is 0 Å². The van der Waals surface area contributed by atoms with E-state index >= 15 is 0 Å². The molecule has 1 N–H and O–H groups in total.